The number of halogens is 2. The average molecular weight is 309 g/mol. The van der Waals surface area contributed by atoms with Crippen LogP contribution in [0.15, 0.2) is 36.4 Å². The molecule has 108 valence electrons. The van der Waals surface area contributed by atoms with Crippen LogP contribution < -0.4 is 11.1 Å². The Hall–Kier alpha value is -2.60. The van der Waals surface area contributed by atoms with Gasteiger partial charge in [-0.05, 0) is 30.3 Å². The van der Waals surface area contributed by atoms with Gasteiger partial charge < -0.3 is 16.2 Å². The number of hydrogen-bond acceptors (Lipinski definition) is 3. The van der Waals surface area contributed by atoms with Crippen molar-refractivity contribution < 1.29 is 19.1 Å². The van der Waals surface area contributed by atoms with Crippen LogP contribution in [0.1, 0.15) is 20.7 Å². The minimum absolute atomic E-state index is 0.139. The summed E-state index contributed by atoms with van der Waals surface area (Å²) in [7, 11) is 0. The number of nitrogens with one attached hydrogen (secondary N) is 1. The second-order valence-electron chi connectivity index (χ2n) is 4.19. The van der Waals surface area contributed by atoms with Crippen molar-refractivity contribution >= 4 is 34.9 Å². The number of carbonyl (C=O) groups is 2. The number of rotatable bonds is 3. The third-order valence-electron chi connectivity index (χ3n) is 2.66. The Bertz CT molecular complexity index is 714. The molecule has 0 spiro atoms. The molecular formula is C14H10ClFN2O3. The summed E-state index contributed by atoms with van der Waals surface area (Å²) in [4.78, 5) is 23.1. The van der Waals surface area contributed by atoms with Gasteiger partial charge in [-0.3, -0.25) is 4.79 Å². The smallest absolute Gasteiger partial charge is 0.340 e. The van der Waals surface area contributed by atoms with E-state index in [1.165, 1.54) is 30.3 Å². The van der Waals surface area contributed by atoms with Crippen molar-refractivity contribution in [2.24, 2.45) is 0 Å². The highest BCUT2D eigenvalue weighted by atomic mass is 35.5. The van der Waals surface area contributed by atoms with Crippen LogP contribution >= 0.6 is 11.6 Å². The van der Waals surface area contributed by atoms with Crippen molar-refractivity contribution in [3.05, 3.63) is 58.4 Å². The molecule has 2 aromatic carbocycles. The zero-order chi connectivity index (χ0) is 15.6. The van der Waals surface area contributed by atoms with E-state index in [1.54, 1.807) is 0 Å². The highest BCUT2D eigenvalue weighted by Crippen LogP contribution is 2.21. The molecule has 2 aromatic rings. The molecule has 0 bridgehead atoms. The van der Waals surface area contributed by atoms with Crippen molar-refractivity contribution in [2.75, 3.05) is 11.1 Å². The third-order valence-corrected chi connectivity index (χ3v) is 2.88. The number of benzene rings is 2. The Kier molecular flexibility index (Phi) is 4.09. The molecule has 21 heavy (non-hydrogen) atoms. The Labute approximate surface area is 124 Å². The molecule has 0 fully saturated rings. The Morgan fingerprint density at radius 2 is 1.95 bits per heavy atom. The number of aromatic carboxylic acids is 1. The highest BCUT2D eigenvalue weighted by molar-refractivity contribution is 6.31. The molecule has 0 atom stereocenters. The van der Waals surface area contributed by atoms with Gasteiger partial charge in [0.1, 0.15) is 11.4 Å². The van der Waals surface area contributed by atoms with Gasteiger partial charge in [0.15, 0.2) is 0 Å². The van der Waals surface area contributed by atoms with Gasteiger partial charge in [0.05, 0.1) is 5.69 Å². The molecule has 5 nitrogen and oxygen atoms in total. The number of carboxylic acid groups (broad SMARTS) is 1. The molecule has 1 amide bonds. The molecule has 7 heteroatoms. The number of anilines is 2. The number of amides is 1. The van der Waals surface area contributed by atoms with E-state index in [-0.39, 0.29) is 22.0 Å². The van der Waals surface area contributed by atoms with Crippen LogP contribution in [0.2, 0.25) is 5.02 Å². The predicted octanol–water partition coefficient (Wildman–Crippen LogP) is 3.01. The highest BCUT2D eigenvalue weighted by Gasteiger charge is 2.18. The van der Waals surface area contributed by atoms with Crippen LogP contribution in [0.5, 0.6) is 0 Å². The first kappa shape index (κ1) is 14.8. The normalized spacial score (nSPS) is 10.2. The van der Waals surface area contributed by atoms with Gasteiger partial charge in [0, 0.05) is 16.3 Å². The molecule has 0 radical (unpaired) electrons. The molecule has 4 N–H and O–H groups in total. The van der Waals surface area contributed by atoms with Crippen LogP contribution in [0.25, 0.3) is 0 Å². The summed E-state index contributed by atoms with van der Waals surface area (Å²) in [6.45, 7) is 0. The largest absolute Gasteiger partial charge is 0.478 e. The Balaban J connectivity index is 2.36. The van der Waals surface area contributed by atoms with Gasteiger partial charge in [0.25, 0.3) is 5.91 Å². The minimum atomic E-state index is -1.48. The fourth-order valence-electron chi connectivity index (χ4n) is 1.78. The predicted molar refractivity (Wildman–Crippen MR) is 77.2 cm³/mol. The Morgan fingerprint density at radius 1 is 1.24 bits per heavy atom. The fourth-order valence-corrected chi connectivity index (χ4v) is 2.03. The topological polar surface area (TPSA) is 92.4 Å². The molecule has 0 aliphatic heterocycles. The van der Waals surface area contributed by atoms with Crippen molar-refractivity contribution in [3.63, 3.8) is 0 Å². The number of nitrogen functional groups attached to an aromatic ring is 1. The van der Waals surface area contributed by atoms with Gasteiger partial charge in [-0.15, -0.1) is 0 Å². The molecule has 0 saturated heterocycles. The van der Waals surface area contributed by atoms with Crippen LogP contribution in [0.3, 0.4) is 0 Å². The lowest BCUT2D eigenvalue weighted by atomic mass is 10.1. The molecule has 0 aliphatic carbocycles. The van der Waals surface area contributed by atoms with Gasteiger partial charge in [-0.2, -0.15) is 0 Å². The van der Waals surface area contributed by atoms with E-state index < -0.39 is 23.3 Å². The maximum absolute atomic E-state index is 13.5. The second-order valence-corrected chi connectivity index (χ2v) is 4.63. The monoisotopic (exact) mass is 308 g/mol. The van der Waals surface area contributed by atoms with E-state index in [9.17, 15) is 14.0 Å². The molecule has 0 unspecified atom stereocenters. The van der Waals surface area contributed by atoms with Crippen LogP contribution in [0.4, 0.5) is 15.8 Å². The quantitative estimate of drug-likeness (QED) is 0.760. The number of nitrogens with two attached hydrogens (primary N) is 1. The zero-order valence-electron chi connectivity index (χ0n) is 10.6. The lowest BCUT2D eigenvalue weighted by Gasteiger charge is -2.09. The second kappa shape index (κ2) is 5.80. The van der Waals surface area contributed by atoms with Crippen LogP contribution in [-0.2, 0) is 0 Å². The maximum Gasteiger partial charge on any atom is 0.340 e. The van der Waals surface area contributed by atoms with Crippen LogP contribution in [-0.4, -0.2) is 17.0 Å². The van der Waals surface area contributed by atoms with Crippen molar-refractivity contribution in [2.45, 2.75) is 0 Å². The fraction of sp³-hybridized carbons (Fsp3) is 0. The number of carbonyl (C=O) groups excluding carboxylic acids is 1. The standard InChI is InChI=1S/C14H10ClFN2O3/c15-8-4-7(5-9(17)6-8)13(19)18-11-3-1-2-10(16)12(11)14(20)21/h1-6H,17H2,(H,18,19)(H,20,21). The lowest BCUT2D eigenvalue weighted by molar-refractivity contribution is 0.0693. The minimum Gasteiger partial charge on any atom is -0.478 e. The van der Waals surface area contributed by atoms with Crippen molar-refractivity contribution in [1.82, 2.24) is 0 Å². The van der Waals surface area contributed by atoms with Crippen molar-refractivity contribution in [1.29, 1.82) is 0 Å². The van der Waals surface area contributed by atoms with E-state index in [2.05, 4.69) is 5.32 Å². The average Bonchev–Trinajstić information content (AvgIpc) is 2.37. The summed E-state index contributed by atoms with van der Waals surface area (Å²) in [5.74, 6) is -3.06. The first-order valence-electron chi connectivity index (χ1n) is 5.77. The summed E-state index contributed by atoms with van der Waals surface area (Å²) in [5.41, 5.74) is 5.24. The summed E-state index contributed by atoms with van der Waals surface area (Å²) in [5, 5.41) is 11.6. The van der Waals surface area contributed by atoms with Crippen molar-refractivity contribution in [3.8, 4) is 0 Å². The number of hydrogen-bond donors (Lipinski definition) is 3. The van der Waals surface area contributed by atoms with Gasteiger partial charge in [-0.25, -0.2) is 9.18 Å². The first-order valence-corrected chi connectivity index (χ1v) is 6.15. The number of carboxylic acids is 1. The van der Waals surface area contributed by atoms with Gasteiger partial charge >= 0.3 is 5.97 Å². The maximum atomic E-state index is 13.5. The molecule has 0 saturated carbocycles. The molecule has 2 rings (SSSR count). The van der Waals surface area contributed by atoms with E-state index in [0.717, 1.165) is 6.07 Å². The van der Waals surface area contributed by atoms with E-state index in [0.29, 0.717) is 0 Å². The lowest BCUT2D eigenvalue weighted by Crippen LogP contribution is -2.16. The zero-order valence-corrected chi connectivity index (χ0v) is 11.3. The Morgan fingerprint density at radius 3 is 2.57 bits per heavy atom. The molecule has 0 aromatic heterocycles. The molecule has 0 heterocycles. The summed E-state index contributed by atoms with van der Waals surface area (Å²) in [6, 6.07) is 7.79. The van der Waals surface area contributed by atoms with E-state index in [1.807, 2.05) is 0 Å². The van der Waals surface area contributed by atoms with E-state index >= 15 is 0 Å². The summed E-state index contributed by atoms with van der Waals surface area (Å²) in [6.07, 6.45) is 0. The molecular weight excluding hydrogens is 299 g/mol. The van der Waals surface area contributed by atoms with Crippen LogP contribution in [0, 0.1) is 5.82 Å². The first-order chi connectivity index (χ1) is 9.88. The van der Waals surface area contributed by atoms with Gasteiger partial charge in [-0.1, -0.05) is 17.7 Å². The SMILES string of the molecule is Nc1cc(Cl)cc(C(=O)Nc2cccc(F)c2C(=O)O)c1. The summed E-state index contributed by atoms with van der Waals surface area (Å²) < 4.78 is 13.5. The third kappa shape index (κ3) is 3.29. The molecule has 0 aliphatic rings. The summed E-state index contributed by atoms with van der Waals surface area (Å²) >= 11 is 5.79. The van der Waals surface area contributed by atoms with E-state index in [4.69, 9.17) is 22.4 Å². The van der Waals surface area contributed by atoms with Gasteiger partial charge in [0.2, 0.25) is 0 Å².